The maximum absolute atomic E-state index is 13.1. The van der Waals surface area contributed by atoms with E-state index in [0.717, 1.165) is 35.1 Å². The Labute approximate surface area is 168 Å². The molecule has 1 aliphatic heterocycles. The normalized spacial score (nSPS) is 14.9. The van der Waals surface area contributed by atoms with Crippen LogP contribution in [0.4, 0.5) is 0 Å². The number of para-hydroxylation sites is 1. The molecule has 1 saturated heterocycles. The molecule has 1 aliphatic rings. The molecule has 0 atom stereocenters. The van der Waals surface area contributed by atoms with E-state index in [-0.39, 0.29) is 5.56 Å². The Bertz CT molecular complexity index is 981. The van der Waals surface area contributed by atoms with E-state index in [0.29, 0.717) is 10.4 Å². The quantitative estimate of drug-likeness (QED) is 0.344. The maximum atomic E-state index is 13.1. The van der Waals surface area contributed by atoms with Crippen LogP contribution in [0.2, 0.25) is 5.02 Å². The molecule has 4 rings (SSSR count). The van der Waals surface area contributed by atoms with Gasteiger partial charge in [0.25, 0.3) is 5.56 Å². The van der Waals surface area contributed by atoms with Gasteiger partial charge in [0.1, 0.15) is 0 Å². The number of likely N-dealkylation sites (tertiary alicyclic amines) is 1. The molecule has 0 radical (unpaired) electrons. The minimum Gasteiger partial charge on any atom is -0.303 e. The van der Waals surface area contributed by atoms with Gasteiger partial charge in [-0.25, -0.2) is 4.98 Å². The predicted molar refractivity (Wildman–Crippen MR) is 113 cm³/mol. The zero-order valence-electron chi connectivity index (χ0n) is 15.1. The molecule has 27 heavy (non-hydrogen) atoms. The lowest BCUT2D eigenvalue weighted by molar-refractivity contribution is 0.341. The van der Waals surface area contributed by atoms with Crippen molar-refractivity contribution < 1.29 is 0 Å². The third kappa shape index (κ3) is 4.21. The molecule has 2 aromatic carbocycles. The molecule has 0 spiro atoms. The Balaban J connectivity index is 1.63. The molecule has 0 saturated carbocycles. The van der Waals surface area contributed by atoms with Gasteiger partial charge in [-0.05, 0) is 75.3 Å². The van der Waals surface area contributed by atoms with Gasteiger partial charge in [0.2, 0.25) is 0 Å². The first kappa shape index (κ1) is 18.5. The minimum absolute atomic E-state index is 0.0371. The largest absolute Gasteiger partial charge is 0.303 e. The van der Waals surface area contributed by atoms with Gasteiger partial charge in [-0.15, -0.1) is 0 Å². The van der Waals surface area contributed by atoms with Crippen molar-refractivity contribution in [3.05, 3.63) is 63.9 Å². The Morgan fingerprint density at radius 2 is 1.78 bits per heavy atom. The van der Waals surface area contributed by atoms with Gasteiger partial charge in [0.15, 0.2) is 5.16 Å². The number of thioether (sulfide) groups is 1. The lowest BCUT2D eigenvalue weighted by Gasteiger charge is -2.15. The number of rotatable bonds is 6. The van der Waals surface area contributed by atoms with Gasteiger partial charge in [-0.2, -0.15) is 0 Å². The Morgan fingerprint density at radius 1 is 1.04 bits per heavy atom. The van der Waals surface area contributed by atoms with Crippen LogP contribution in [0.15, 0.2) is 58.5 Å². The summed E-state index contributed by atoms with van der Waals surface area (Å²) >= 11 is 7.68. The number of hydrogen-bond acceptors (Lipinski definition) is 4. The Hall–Kier alpha value is -1.82. The number of benzene rings is 2. The molecule has 0 aliphatic carbocycles. The van der Waals surface area contributed by atoms with Crippen molar-refractivity contribution in [3.8, 4) is 5.69 Å². The van der Waals surface area contributed by atoms with Crippen LogP contribution in [0, 0.1) is 0 Å². The topological polar surface area (TPSA) is 38.1 Å². The highest BCUT2D eigenvalue weighted by atomic mass is 35.5. The van der Waals surface area contributed by atoms with Crippen molar-refractivity contribution in [2.75, 3.05) is 25.4 Å². The average molecular weight is 400 g/mol. The second-order valence-corrected chi connectivity index (χ2v) is 8.28. The molecule has 6 heteroatoms. The number of nitrogens with zero attached hydrogens (tertiary/aromatic N) is 3. The first-order valence-corrected chi connectivity index (χ1v) is 10.7. The summed E-state index contributed by atoms with van der Waals surface area (Å²) in [5.74, 6) is 0.939. The molecule has 1 aromatic heterocycles. The van der Waals surface area contributed by atoms with Crippen LogP contribution in [0.3, 0.4) is 0 Å². The minimum atomic E-state index is -0.0371. The molecule has 0 N–H and O–H groups in total. The summed E-state index contributed by atoms with van der Waals surface area (Å²) in [6, 6.07) is 14.9. The van der Waals surface area contributed by atoms with Crippen LogP contribution < -0.4 is 5.56 Å². The van der Waals surface area contributed by atoms with E-state index in [4.69, 9.17) is 16.6 Å². The number of hydrogen-bond donors (Lipinski definition) is 0. The molecule has 0 unspecified atom stereocenters. The summed E-state index contributed by atoms with van der Waals surface area (Å²) in [5.41, 5.74) is 1.50. The monoisotopic (exact) mass is 399 g/mol. The molecular formula is C21H22ClN3OS. The van der Waals surface area contributed by atoms with E-state index in [1.807, 2.05) is 36.4 Å². The lowest BCUT2D eigenvalue weighted by Crippen LogP contribution is -2.22. The van der Waals surface area contributed by atoms with Crippen LogP contribution in [0.25, 0.3) is 16.6 Å². The second-order valence-electron chi connectivity index (χ2n) is 6.78. The Morgan fingerprint density at radius 3 is 2.56 bits per heavy atom. The summed E-state index contributed by atoms with van der Waals surface area (Å²) in [6.07, 6.45) is 3.72. The molecule has 0 amide bonds. The second kappa shape index (κ2) is 8.46. The lowest BCUT2D eigenvalue weighted by atomic mass is 10.2. The van der Waals surface area contributed by atoms with Crippen LogP contribution in [0.1, 0.15) is 19.3 Å². The van der Waals surface area contributed by atoms with Gasteiger partial charge >= 0.3 is 0 Å². The molecule has 4 nitrogen and oxygen atoms in total. The predicted octanol–water partition coefficient (Wildman–Crippen LogP) is 4.62. The molecule has 140 valence electrons. The summed E-state index contributed by atoms with van der Waals surface area (Å²) in [4.78, 5) is 20.4. The maximum Gasteiger partial charge on any atom is 0.266 e. The van der Waals surface area contributed by atoms with Gasteiger partial charge in [-0.3, -0.25) is 9.36 Å². The smallest absolute Gasteiger partial charge is 0.266 e. The fourth-order valence-electron chi connectivity index (χ4n) is 3.48. The van der Waals surface area contributed by atoms with Crippen LogP contribution in [0.5, 0.6) is 0 Å². The number of halogens is 1. The number of fused-ring (bicyclic) bond motifs is 1. The fraction of sp³-hybridized carbons (Fsp3) is 0.333. The van der Waals surface area contributed by atoms with Gasteiger partial charge in [0, 0.05) is 10.8 Å². The molecule has 3 aromatic rings. The summed E-state index contributed by atoms with van der Waals surface area (Å²) in [6.45, 7) is 3.55. The zero-order valence-corrected chi connectivity index (χ0v) is 16.7. The van der Waals surface area contributed by atoms with E-state index < -0.39 is 0 Å². The van der Waals surface area contributed by atoms with Crippen molar-refractivity contribution in [2.45, 2.75) is 24.4 Å². The highest BCUT2D eigenvalue weighted by Crippen LogP contribution is 2.23. The van der Waals surface area contributed by atoms with Crippen LogP contribution in [-0.4, -0.2) is 39.8 Å². The third-order valence-corrected chi connectivity index (χ3v) is 6.16. The first-order chi connectivity index (χ1) is 13.2. The standard InChI is InChI=1S/C21H22ClN3OS/c22-16-8-10-17(11-9-16)25-20(26)18-6-1-2-7-19(18)23-21(25)27-15-5-14-24-12-3-4-13-24/h1-2,6-11H,3-5,12-15H2. The van der Waals surface area contributed by atoms with Crippen LogP contribution in [-0.2, 0) is 0 Å². The SMILES string of the molecule is O=c1c2ccccc2nc(SCCCN2CCCC2)n1-c1ccc(Cl)cc1. The van der Waals surface area contributed by atoms with Crippen molar-refractivity contribution in [1.82, 2.24) is 14.5 Å². The van der Waals surface area contributed by atoms with Crippen LogP contribution >= 0.6 is 23.4 Å². The van der Waals surface area contributed by atoms with Gasteiger partial charge < -0.3 is 4.90 Å². The Kier molecular flexibility index (Phi) is 5.81. The summed E-state index contributed by atoms with van der Waals surface area (Å²) in [5, 5.41) is 2.02. The summed E-state index contributed by atoms with van der Waals surface area (Å²) in [7, 11) is 0. The third-order valence-electron chi connectivity index (χ3n) is 4.88. The number of aromatic nitrogens is 2. The molecule has 0 bridgehead atoms. The van der Waals surface area contributed by atoms with E-state index in [2.05, 4.69) is 4.90 Å². The fourth-order valence-corrected chi connectivity index (χ4v) is 4.55. The highest BCUT2D eigenvalue weighted by molar-refractivity contribution is 7.99. The highest BCUT2D eigenvalue weighted by Gasteiger charge is 2.14. The molecular weight excluding hydrogens is 378 g/mol. The van der Waals surface area contributed by atoms with Crippen molar-refractivity contribution in [3.63, 3.8) is 0 Å². The van der Waals surface area contributed by atoms with Gasteiger partial charge in [-0.1, -0.05) is 35.5 Å². The van der Waals surface area contributed by atoms with Crippen molar-refractivity contribution in [1.29, 1.82) is 0 Å². The van der Waals surface area contributed by atoms with E-state index >= 15 is 0 Å². The van der Waals surface area contributed by atoms with E-state index in [1.54, 1.807) is 28.5 Å². The first-order valence-electron chi connectivity index (χ1n) is 9.35. The van der Waals surface area contributed by atoms with E-state index in [9.17, 15) is 4.79 Å². The summed E-state index contributed by atoms with van der Waals surface area (Å²) < 4.78 is 1.71. The van der Waals surface area contributed by atoms with Gasteiger partial charge in [0.05, 0.1) is 16.6 Å². The van der Waals surface area contributed by atoms with E-state index in [1.165, 1.54) is 25.9 Å². The molecule has 1 fully saturated rings. The van der Waals surface area contributed by atoms with Crippen molar-refractivity contribution >= 4 is 34.3 Å². The zero-order chi connectivity index (χ0) is 18.6. The molecule has 2 heterocycles. The van der Waals surface area contributed by atoms with Crippen molar-refractivity contribution in [2.24, 2.45) is 0 Å². The average Bonchev–Trinajstić information content (AvgIpc) is 3.20.